The van der Waals surface area contributed by atoms with E-state index in [0.29, 0.717) is 22.9 Å². The number of pyridine rings is 1. The molecule has 134 valence electrons. The highest BCUT2D eigenvalue weighted by molar-refractivity contribution is 5.98. The summed E-state index contributed by atoms with van der Waals surface area (Å²) in [5.74, 6) is 0.565. The van der Waals surface area contributed by atoms with Crippen LogP contribution in [0.25, 0.3) is 22.2 Å². The Morgan fingerprint density at radius 2 is 1.78 bits per heavy atom. The third kappa shape index (κ3) is 3.31. The number of para-hydroxylation sites is 1. The lowest BCUT2D eigenvalue weighted by Crippen LogP contribution is -2.11. The molecule has 5 heteroatoms. The topological polar surface area (TPSA) is 65.2 Å². The van der Waals surface area contributed by atoms with Crippen LogP contribution in [0.15, 0.2) is 65.2 Å². The number of oxazole rings is 1. The van der Waals surface area contributed by atoms with Gasteiger partial charge in [-0.3, -0.25) is 4.98 Å². The number of esters is 1. The standard InChI is InChI=1S/C22H18N2O3/c1-14-17-10-6-7-11-18(17)24-15(2)21(14)22(25)26-13-20-23-12-19(27-20)16-8-4-3-5-9-16/h3-12H,13H2,1-2H3. The van der Waals surface area contributed by atoms with E-state index in [9.17, 15) is 4.79 Å². The predicted octanol–water partition coefficient (Wildman–Crippen LogP) is 4.86. The zero-order chi connectivity index (χ0) is 18.8. The van der Waals surface area contributed by atoms with Crippen molar-refractivity contribution in [3.63, 3.8) is 0 Å². The second-order valence-corrected chi connectivity index (χ2v) is 6.27. The molecule has 0 N–H and O–H groups in total. The van der Waals surface area contributed by atoms with Gasteiger partial charge in [0.1, 0.15) is 0 Å². The lowest BCUT2D eigenvalue weighted by molar-refractivity contribution is 0.0437. The van der Waals surface area contributed by atoms with Crippen molar-refractivity contribution in [2.24, 2.45) is 0 Å². The molecular formula is C22H18N2O3. The number of carbonyl (C=O) groups excluding carboxylic acids is 1. The molecule has 0 saturated heterocycles. The highest BCUT2D eigenvalue weighted by atomic mass is 16.5. The van der Waals surface area contributed by atoms with Gasteiger partial charge in [0.2, 0.25) is 5.89 Å². The van der Waals surface area contributed by atoms with E-state index in [4.69, 9.17) is 9.15 Å². The number of benzene rings is 2. The lowest BCUT2D eigenvalue weighted by atomic mass is 10.0. The molecule has 4 aromatic rings. The van der Waals surface area contributed by atoms with Gasteiger partial charge in [0, 0.05) is 10.9 Å². The Labute approximate surface area is 156 Å². The first-order chi connectivity index (χ1) is 13.1. The summed E-state index contributed by atoms with van der Waals surface area (Å²) in [4.78, 5) is 21.4. The number of fused-ring (bicyclic) bond motifs is 1. The van der Waals surface area contributed by atoms with Crippen molar-refractivity contribution in [1.29, 1.82) is 0 Å². The summed E-state index contributed by atoms with van der Waals surface area (Å²) < 4.78 is 11.1. The maximum atomic E-state index is 12.6. The Bertz CT molecular complexity index is 1120. The molecule has 0 spiro atoms. The molecule has 5 nitrogen and oxygen atoms in total. The van der Waals surface area contributed by atoms with Crippen LogP contribution < -0.4 is 0 Å². The summed E-state index contributed by atoms with van der Waals surface area (Å²) in [6.07, 6.45) is 1.63. The second-order valence-electron chi connectivity index (χ2n) is 6.27. The average molecular weight is 358 g/mol. The second kappa shape index (κ2) is 7.03. The molecule has 0 unspecified atom stereocenters. The zero-order valence-electron chi connectivity index (χ0n) is 15.1. The number of aromatic nitrogens is 2. The Morgan fingerprint density at radius 1 is 1.04 bits per heavy atom. The number of hydrogen-bond acceptors (Lipinski definition) is 5. The van der Waals surface area contributed by atoms with E-state index in [-0.39, 0.29) is 6.61 Å². The molecule has 0 atom stereocenters. The fraction of sp³-hybridized carbons (Fsp3) is 0.136. The maximum absolute atomic E-state index is 12.6. The van der Waals surface area contributed by atoms with Crippen molar-refractivity contribution in [2.45, 2.75) is 20.5 Å². The minimum absolute atomic E-state index is 0.0304. The first kappa shape index (κ1) is 17.0. The predicted molar refractivity (Wildman–Crippen MR) is 102 cm³/mol. The zero-order valence-corrected chi connectivity index (χ0v) is 15.1. The van der Waals surface area contributed by atoms with Crippen LogP contribution >= 0.6 is 0 Å². The molecule has 2 aromatic carbocycles. The van der Waals surface area contributed by atoms with Crippen molar-refractivity contribution in [3.8, 4) is 11.3 Å². The molecule has 4 rings (SSSR count). The van der Waals surface area contributed by atoms with Gasteiger partial charge in [0.25, 0.3) is 0 Å². The quantitative estimate of drug-likeness (QED) is 0.487. The number of rotatable bonds is 4. The number of ether oxygens (including phenoxy) is 1. The number of hydrogen-bond donors (Lipinski definition) is 0. The van der Waals surface area contributed by atoms with E-state index < -0.39 is 5.97 Å². The van der Waals surface area contributed by atoms with Crippen LogP contribution in [0.4, 0.5) is 0 Å². The average Bonchev–Trinajstić information content (AvgIpc) is 3.16. The van der Waals surface area contributed by atoms with Gasteiger partial charge in [0.05, 0.1) is 23.0 Å². The van der Waals surface area contributed by atoms with Gasteiger partial charge >= 0.3 is 5.97 Å². The summed E-state index contributed by atoms with van der Waals surface area (Å²) in [5, 5.41) is 0.942. The number of carbonyl (C=O) groups is 1. The highest BCUT2D eigenvalue weighted by Gasteiger charge is 2.18. The van der Waals surface area contributed by atoms with Crippen LogP contribution in [-0.4, -0.2) is 15.9 Å². The molecule has 2 heterocycles. The molecule has 0 amide bonds. The van der Waals surface area contributed by atoms with Crippen molar-refractivity contribution >= 4 is 16.9 Å². The Kier molecular flexibility index (Phi) is 4.42. The largest absolute Gasteiger partial charge is 0.452 e. The van der Waals surface area contributed by atoms with E-state index in [0.717, 1.165) is 22.0 Å². The van der Waals surface area contributed by atoms with Gasteiger partial charge in [0.15, 0.2) is 12.4 Å². The molecule has 0 saturated carbocycles. The van der Waals surface area contributed by atoms with E-state index in [1.807, 2.05) is 68.4 Å². The van der Waals surface area contributed by atoms with Crippen LogP contribution in [0.2, 0.25) is 0 Å². The summed E-state index contributed by atoms with van der Waals surface area (Å²) >= 11 is 0. The third-order valence-corrected chi connectivity index (χ3v) is 4.48. The molecule has 0 aliphatic heterocycles. The Morgan fingerprint density at radius 3 is 2.59 bits per heavy atom. The van der Waals surface area contributed by atoms with E-state index in [1.54, 1.807) is 6.20 Å². The Balaban J connectivity index is 1.54. The highest BCUT2D eigenvalue weighted by Crippen LogP contribution is 2.24. The molecule has 27 heavy (non-hydrogen) atoms. The SMILES string of the molecule is Cc1nc2ccccc2c(C)c1C(=O)OCc1ncc(-c2ccccc2)o1. The molecule has 0 bridgehead atoms. The molecule has 0 aliphatic carbocycles. The minimum Gasteiger partial charge on any atom is -0.452 e. The fourth-order valence-corrected chi connectivity index (χ4v) is 3.14. The van der Waals surface area contributed by atoms with Crippen LogP contribution in [0.1, 0.15) is 27.5 Å². The van der Waals surface area contributed by atoms with Gasteiger partial charge in [-0.2, -0.15) is 0 Å². The van der Waals surface area contributed by atoms with E-state index >= 15 is 0 Å². The molecular weight excluding hydrogens is 340 g/mol. The summed E-state index contributed by atoms with van der Waals surface area (Å²) in [6, 6.07) is 17.4. The number of nitrogens with zero attached hydrogens (tertiary/aromatic N) is 2. The monoisotopic (exact) mass is 358 g/mol. The van der Waals surface area contributed by atoms with Crippen molar-refractivity contribution in [3.05, 3.63) is 83.5 Å². The van der Waals surface area contributed by atoms with E-state index in [1.165, 1.54) is 0 Å². The van der Waals surface area contributed by atoms with Crippen LogP contribution in [0.3, 0.4) is 0 Å². The van der Waals surface area contributed by atoms with Gasteiger partial charge in [-0.25, -0.2) is 9.78 Å². The minimum atomic E-state index is -0.428. The van der Waals surface area contributed by atoms with Gasteiger partial charge < -0.3 is 9.15 Å². The summed E-state index contributed by atoms with van der Waals surface area (Å²) in [7, 11) is 0. The maximum Gasteiger partial charge on any atom is 0.340 e. The normalized spacial score (nSPS) is 10.9. The molecule has 2 aromatic heterocycles. The molecule has 0 aliphatic rings. The molecule has 0 radical (unpaired) electrons. The van der Waals surface area contributed by atoms with Crippen molar-refractivity contribution in [1.82, 2.24) is 9.97 Å². The van der Waals surface area contributed by atoms with Crippen LogP contribution in [0.5, 0.6) is 0 Å². The number of aryl methyl sites for hydroxylation is 2. The smallest absolute Gasteiger partial charge is 0.340 e. The van der Waals surface area contributed by atoms with Crippen molar-refractivity contribution < 1.29 is 13.9 Å². The van der Waals surface area contributed by atoms with Crippen LogP contribution in [-0.2, 0) is 11.3 Å². The molecule has 0 fully saturated rings. The first-order valence-corrected chi connectivity index (χ1v) is 8.66. The Hall–Kier alpha value is -3.47. The third-order valence-electron chi connectivity index (χ3n) is 4.48. The van der Waals surface area contributed by atoms with Gasteiger partial charge in [-0.15, -0.1) is 0 Å². The summed E-state index contributed by atoms with van der Waals surface area (Å²) in [6.45, 7) is 3.69. The van der Waals surface area contributed by atoms with Gasteiger partial charge in [-0.1, -0.05) is 48.5 Å². The lowest BCUT2D eigenvalue weighted by Gasteiger charge is -2.11. The van der Waals surface area contributed by atoms with Gasteiger partial charge in [-0.05, 0) is 25.5 Å². The summed E-state index contributed by atoms with van der Waals surface area (Å²) in [5.41, 5.74) is 3.79. The first-order valence-electron chi connectivity index (χ1n) is 8.66. The fourth-order valence-electron chi connectivity index (χ4n) is 3.14. The van der Waals surface area contributed by atoms with Crippen molar-refractivity contribution in [2.75, 3.05) is 0 Å². The van der Waals surface area contributed by atoms with Crippen LogP contribution in [0, 0.1) is 13.8 Å². The van der Waals surface area contributed by atoms with E-state index in [2.05, 4.69) is 9.97 Å².